The Morgan fingerprint density at radius 1 is 0.778 bits per heavy atom. The van der Waals surface area contributed by atoms with Gasteiger partial charge >= 0.3 is 0 Å². The number of hydrogen-bond acceptors (Lipinski definition) is 6. The van der Waals surface area contributed by atoms with Gasteiger partial charge in [-0.15, -0.1) is 9.24 Å². The predicted molar refractivity (Wildman–Crippen MR) is 108 cm³/mol. The molecule has 0 N–H and O–H groups in total. The van der Waals surface area contributed by atoms with Gasteiger partial charge in [-0.3, -0.25) is 4.79 Å². The van der Waals surface area contributed by atoms with Crippen LogP contribution < -0.4 is 29.0 Å². The van der Waals surface area contributed by atoms with E-state index in [1.54, 1.807) is 38.5 Å². The molecule has 0 aromatic heterocycles. The summed E-state index contributed by atoms with van der Waals surface area (Å²) < 4.78 is 26.5. The number of carbonyl (C=O) groups is 1. The highest BCUT2D eigenvalue weighted by Gasteiger charge is 2.16. The summed E-state index contributed by atoms with van der Waals surface area (Å²) in [5, 5.41) is 0.830. The number of rotatable bonds is 8. The summed E-state index contributed by atoms with van der Waals surface area (Å²) in [6.07, 6.45) is 3.19. The van der Waals surface area contributed by atoms with Crippen LogP contribution in [0.3, 0.4) is 0 Å². The lowest BCUT2D eigenvalue weighted by Crippen LogP contribution is -2.03. The molecule has 0 heterocycles. The average molecular weight is 390 g/mol. The third kappa shape index (κ3) is 4.52. The summed E-state index contributed by atoms with van der Waals surface area (Å²) in [7, 11) is 10.3. The second-order valence-corrected chi connectivity index (χ2v) is 6.08. The van der Waals surface area contributed by atoms with E-state index in [0.29, 0.717) is 34.3 Å². The van der Waals surface area contributed by atoms with Crippen LogP contribution in [0.5, 0.6) is 28.7 Å². The van der Waals surface area contributed by atoms with E-state index < -0.39 is 0 Å². The van der Waals surface area contributed by atoms with E-state index in [9.17, 15) is 4.79 Å². The largest absolute Gasteiger partial charge is 0.493 e. The normalized spacial score (nSPS) is 10.6. The highest BCUT2D eigenvalue weighted by atomic mass is 31.0. The number of benzene rings is 2. The van der Waals surface area contributed by atoms with Crippen LogP contribution in [0.4, 0.5) is 0 Å². The molecule has 0 aliphatic rings. The summed E-state index contributed by atoms with van der Waals surface area (Å²) in [5.41, 5.74) is 1.23. The maximum atomic E-state index is 12.6. The maximum Gasteiger partial charge on any atom is 0.203 e. The number of ketones is 1. The van der Waals surface area contributed by atoms with Crippen LogP contribution in [0.15, 0.2) is 30.3 Å². The van der Waals surface area contributed by atoms with Crippen LogP contribution in [0.25, 0.3) is 6.08 Å². The van der Waals surface area contributed by atoms with Crippen LogP contribution in [-0.2, 0) is 0 Å². The van der Waals surface area contributed by atoms with Gasteiger partial charge < -0.3 is 23.7 Å². The molecular weight excluding hydrogens is 367 g/mol. The number of methoxy groups -OCH3 is 5. The van der Waals surface area contributed by atoms with Crippen LogP contribution in [0.1, 0.15) is 15.9 Å². The molecule has 0 radical (unpaired) electrons. The Morgan fingerprint density at radius 3 is 1.78 bits per heavy atom. The van der Waals surface area contributed by atoms with Gasteiger partial charge in [0.2, 0.25) is 5.75 Å². The first kappa shape index (κ1) is 20.6. The van der Waals surface area contributed by atoms with Crippen molar-refractivity contribution in [2.75, 3.05) is 35.5 Å². The first-order chi connectivity index (χ1) is 13.0. The zero-order chi connectivity index (χ0) is 20.0. The van der Waals surface area contributed by atoms with Crippen molar-refractivity contribution in [2.24, 2.45) is 0 Å². The van der Waals surface area contributed by atoms with Gasteiger partial charge in [0, 0.05) is 10.9 Å². The molecule has 6 nitrogen and oxygen atoms in total. The molecule has 2 rings (SSSR count). The molecule has 0 bridgehead atoms. The Labute approximate surface area is 161 Å². The number of allylic oxidation sites excluding steroid dienone is 1. The van der Waals surface area contributed by atoms with Gasteiger partial charge in [0.25, 0.3) is 0 Å². The van der Waals surface area contributed by atoms with Crippen molar-refractivity contribution in [3.05, 3.63) is 41.5 Å². The third-order valence-electron chi connectivity index (χ3n) is 3.91. The Bertz CT molecular complexity index is 835. The zero-order valence-corrected chi connectivity index (χ0v) is 17.1. The van der Waals surface area contributed by atoms with Crippen LogP contribution in [0.2, 0.25) is 0 Å². The first-order valence-corrected chi connectivity index (χ1v) is 8.60. The predicted octanol–water partition coefficient (Wildman–Crippen LogP) is 3.13. The standard InChI is InChI=1S/C20H23O6P/c1-22-15-8-12(9-18(27)20(15)26-5)6-7-14(21)13-10-16(23-2)19(25-4)17(11-13)24-3/h6-11H,27H2,1-5H3/b7-6+. The van der Waals surface area contributed by atoms with Gasteiger partial charge in [-0.25, -0.2) is 0 Å². The highest BCUT2D eigenvalue weighted by molar-refractivity contribution is 7.27. The molecular formula is C20H23O6P. The topological polar surface area (TPSA) is 63.2 Å². The first-order valence-electron chi connectivity index (χ1n) is 8.02. The van der Waals surface area contributed by atoms with Crippen LogP contribution in [-0.4, -0.2) is 41.3 Å². The molecule has 27 heavy (non-hydrogen) atoms. The Balaban J connectivity index is 2.36. The van der Waals surface area contributed by atoms with Gasteiger partial charge in [0.1, 0.15) is 0 Å². The number of carbonyl (C=O) groups excluding carboxylic acids is 1. The van der Waals surface area contributed by atoms with Gasteiger partial charge in [-0.05, 0) is 35.9 Å². The van der Waals surface area contributed by atoms with E-state index in [-0.39, 0.29) is 5.78 Å². The SMILES string of the molecule is COc1cc(/C=C/C(=O)c2cc(OC)c(OC)c(OC)c2)cc(P)c1OC. The van der Waals surface area contributed by atoms with E-state index in [2.05, 4.69) is 9.24 Å². The molecule has 0 amide bonds. The molecule has 2 aromatic carbocycles. The summed E-state index contributed by atoms with van der Waals surface area (Å²) >= 11 is 0. The summed E-state index contributed by atoms with van der Waals surface area (Å²) in [6, 6.07) is 6.91. The fourth-order valence-electron chi connectivity index (χ4n) is 2.60. The number of hydrogen-bond donors (Lipinski definition) is 0. The molecule has 1 atom stereocenters. The molecule has 2 aromatic rings. The second-order valence-electron chi connectivity index (χ2n) is 5.46. The third-order valence-corrected chi connectivity index (χ3v) is 4.34. The maximum absolute atomic E-state index is 12.6. The van der Waals surface area contributed by atoms with Crippen LogP contribution >= 0.6 is 9.24 Å². The lowest BCUT2D eigenvalue weighted by atomic mass is 10.1. The zero-order valence-electron chi connectivity index (χ0n) is 16.0. The fraction of sp³-hybridized carbons (Fsp3) is 0.250. The van der Waals surface area contributed by atoms with Crippen molar-refractivity contribution in [1.82, 2.24) is 0 Å². The number of ether oxygens (including phenoxy) is 5. The van der Waals surface area contributed by atoms with Crippen LogP contribution in [0, 0.1) is 0 Å². The van der Waals surface area contributed by atoms with Gasteiger partial charge in [0.05, 0.1) is 35.5 Å². The van der Waals surface area contributed by atoms with E-state index >= 15 is 0 Å². The van der Waals surface area contributed by atoms with Gasteiger partial charge in [-0.2, -0.15) is 0 Å². The minimum absolute atomic E-state index is 0.200. The van der Waals surface area contributed by atoms with Crippen molar-refractivity contribution in [1.29, 1.82) is 0 Å². The van der Waals surface area contributed by atoms with E-state index in [0.717, 1.165) is 10.9 Å². The van der Waals surface area contributed by atoms with E-state index in [4.69, 9.17) is 23.7 Å². The van der Waals surface area contributed by atoms with Gasteiger partial charge in [-0.1, -0.05) is 6.08 Å². The smallest absolute Gasteiger partial charge is 0.203 e. The Kier molecular flexibility index (Phi) is 7.08. The molecule has 0 spiro atoms. The molecule has 0 fully saturated rings. The van der Waals surface area contributed by atoms with E-state index in [1.807, 2.05) is 6.07 Å². The minimum Gasteiger partial charge on any atom is -0.493 e. The molecule has 144 valence electrons. The average Bonchev–Trinajstić information content (AvgIpc) is 2.69. The Morgan fingerprint density at radius 2 is 1.30 bits per heavy atom. The molecule has 0 saturated heterocycles. The van der Waals surface area contributed by atoms with Crippen molar-refractivity contribution in [3.63, 3.8) is 0 Å². The lowest BCUT2D eigenvalue weighted by Gasteiger charge is -2.13. The Hall–Kier alpha value is -2.72. The molecule has 0 saturated carbocycles. The molecule has 7 heteroatoms. The molecule has 1 unspecified atom stereocenters. The quantitative estimate of drug-likeness (QED) is 0.392. The second kappa shape index (κ2) is 9.28. The summed E-state index contributed by atoms with van der Waals surface area (Å²) in [4.78, 5) is 12.6. The van der Waals surface area contributed by atoms with Gasteiger partial charge in [0.15, 0.2) is 28.8 Å². The van der Waals surface area contributed by atoms with Crippen molar-refractivity contribution < 1.29 is 28.5 Å². The highest BCUT2D eigenvalue weighted by Crippen LogP contribution is 2.38. The van der Waals surface area contributed by atoms with Crippen molar-refractivity contribution in [2.45, 2.75) is 0 Å². The lowest BCUT2D eigenvalue weighted by molar-refractivity contribution is 0.104. The fourth-order valence-corrected chi connectivity index (χ4v) is 3.06. The van der Waals surface area contributed by atoms with Crippen molar-refractivity contribution >= 4 is 26.4 Å². The van der Waals surface area contributed by atoms with Crippen molar-refractivity contribution in [3.8, 4) is 28.7 Å². The summed E-state index contributed by atoms with van der Waals surface area (Å²) in [5.74, 6) is 2.31. The molecule has 0 aliphatic heterocycles. The minimum atomic E-state index is -0.200. The monoisotopic (exact) mass is 390 g/mol. The molecule has 0 aliphatic carbocycles. The summed E-state index contributed by atoms with van der Waals surface area (Å²) in [6.45, 7) is 0. The van der Waals surface area contributed by atoms with E-state index in [1.165, 1.54) is 27.4 Å².